The van der Waals surface area contributed by atoms with Crippen molar-refractivity contribution in [1.29, 1.82) is 0 Å². The molecule has 1 atom stereocenters. The van der Waals surface area contributed by atoms with Gasteiger partial charge in [-0.1, -0.05) is 24.7 Å². The Morgan fingerprint density at radius 3 is 1.34 bits per heavy atom. The number of hydrogen-bond donors (Lipinski definition) is 5. The van der Waals surface area contributed by atoms with Crippen molar-refractivity contribution >= 4 is 31.2 Å². The van der Waals surface area contributed by atoms with E-state index in [0.29, 0.717) is 39.6 Å². The lowest BCUT2D eigenvalue weighted by atomic mass is 9.78. The van der Waals surface area contributed by atoms with Gasteiger partial charge in [0.05, 0.1) is 65.6 Å². The maximum atomic E-state index is 13.7. The normalized spacial score (nSPS) is 15.9. The summed E-state index contributed by atoms with van der Waals surface area (Å²) in [6.45, 7) is 5.33. The van der Waals surface area contributed by atoms with E-state index in [0.717, 1.165) is 0 Å². The molecule has 1 aliphatic carbocycles. The predicted molar refractivity (Wildman–Crippen MR) is 207 cm³/mol. The third-order valence-corrected chi connectivity index (χ3v) is 9.86. The molecule has 0 spiro atoms. The zero-order valence-electron chi connectivity index (χ0n) is 32.7. The van der Waals surface area contributed by atoms with Gasteiger partial charge in [0.2, 0.25) is 23.6 Å². The van der Waals surface area contributed by atoms with Crippen LogP contribution in [-0.4, -0.2) is 145 Å². The molecule has 0 aromatic heterocycles. The summed E-state index contributed by atoms with van der Waals surface area (Å²) < 4.78 is 49.2. The van der Waals surface area contributed by atoms with E-state index < -0.39 is 25.2 Å². The first-order valence-corrected chi connectivity index (χ1v) is 20.6. The van der Waals surface area contributed by atoms with E-state index in [1.807, 2.05) is 0 Å². The molecule has 316 valence electrons. The van der Waals surface area contributed by atoms with Gasteiger partial charge in [-0.15, -0.1) is 19.3 Å². The lowest BCUT2D eigenvalue weighted by Gasteiger charge is -2.40. The molecule has 1 saturated carbocycles. The van der Waals surface area contributed by atoms with Gasteiger partial charge in [0.25, 0.3) is 0 Å². The average Bonchev–Trinajstić information content (AvgIpc) is 3.16. The van der Waals surface area contributed by atoms with Crippen LogP contribution in [0.5, 0.6) is 0 Å². The van der Waals surface area contributed by atoms with Crippen LogP contribution in [-0.2, 0) is 56.7 Å². The molecule has 0 radical (unpaired) electrons. The standard InChI is InChI=1S/C38H61N4O13P/c1-5-18-49-24-27-52-21-15-39-34(43)9-12-38(13-10-35(44)40-16-22-53-28-25-50-19-6-2,14-11-36(45)41-17-23-54-29-26-51-20-7-3)42-37(46)32-30-33(31-32)55-56(47,48)8-4/h1-3,32-33H,8-31H2,4H3,(H,39,43)(H,40,44)(H,41,45)(H,42,46)(H,47,48). The molecule has 56 heavy (non-hydrogen) atoms. The Labute approximate surface area is 331 Å². The Morgan fingerprint density at radius 2 is 1.00 bits per heavy atom. The van der Waals surface area contributed by atoms with Crippen molar-refractivity contribution in [2.45, 2.75) is 69.9 Å². The highest BCUT2D eigenvalue weighted by molar-refractivity contribution is 7.52. The molecule has 4 amide bonds. The number of amides is 4. The average molecular weight is 813 g/mol. The van der Waals surface area contributed by atoms with E-state index in [2.05, 4.69) is 39.0 Å². The molecular weight excluding hydrogens is 751 g/mol. The molecule has 0 aromatic rings. The number of carbonyl (C=O) groups is 4. The van der Waals surface area contributed by atoms with Crippen LogP contribution >= 0.6 is 7.60 Å². The number of nitrogens with one attached hydrogen (secondary N) is 4. The Bertz CT molecular complexity index is 1210. The maximum Gasteiger partial charge on any atom is 0.328 e. The van der Waals surface area contributed by atoms with Gasteiger partial charge in [-0.25, -0.2) is 0 Å². The van der Waals surface area contributed by atoms with E-state index in [9.17, 15) is 28.6 Å². The van der Waals surface area contributed by atoms with Gasteiger partial charge in [-0.2, -0.15) is 0 Å². The van der Waals surface area contributed by atoms with Gasteiger partial charge in [0.15, 0.2) is 0 Å². The zero-order chi connectivity index (χ0) is 41.3. The van der Waals surface area contributed by atoms with Crippen LogP contribution in [0.2, 0.25) is 0 Å². The van der Waals surface area contributed by atoms with Crippen molar-refractivity contribution in [3.63, 3.8) is 0 Å². The summed E-state index contributed by atoms with van der Waals surface area (Å²) in [5, 5.41) is 11.4. The Morgan fingerprint density at radius 1 is 0.643 bits per heavy atom. The second-order valence-corrected chi connectivity index (χ2v) is 14.9. The van der Waals surface area contributed by atoms with E-state index in [-0.39, 0.29) is 140 Å². The quantitative estimate of drug-likeness (QED) is 0.0336. The first-order chi connectivity index (χ1) is 27.0. The first kappa shape index (κ1) is 50.5. The first-order valence-electron chi connectivity index (χ1n) is 18.9. The summed E-state index contributed by atoms with van der Waals surface area (Å²) in [7, 11) is -3.75. The van der Waals surface area contributed by atoms with E-state index >= 15 is 0 Å². The minimum absolute atomic E-state index is 0.0272. The number of ether oxygens (including phenoxy) is 6. The fourth-order valence-electron chi connectivity index (χ4n) is 5.26. The molecule has 18 heteroatoms. The molecule has 5 N–H and O–H groups in total. The predicted octanol–water partition coefficient (Wildman–Crippen LogP) is 0.530. The van der Waals surface area contributed by atoms with Crippen LogP contribution in [0.3, 0.4) is 0 Å². The number of hydrogen-bond acceptors (Lipinski definition) is 12. The van der Waals surface area contributed by atoms with Crippen molar-refractivity contribution < 1.29 is 61.6 Å². The molecule has 1 fully saturated rings. The zero-order valence-corrected chi connectivity index (χ0v) is 33.5. The van der Waals surface area contributed by atoms with Crippen molar-refractivity contribution in [1.82, 2.24) is 21.3 Å². The third-order valence-electron chi connectivity index (χ3n) is 8.44. The van der Waals surface area contributed by atoms with E-state index in [1.165, 1.54) is 0 Å². The fourth-order valence-corrected chi connectivity index (χ4v) is 6.05. The molecule has 1 rings (SSSR count). The summed E-state index contributed by atoms with van der Waals surface area (Å²) in [6.07, 6.45) is 15.5. The second kappa shape index (κ2) is 31.5. The van der Waals surface area contributed by atoms with Gasteiger partial charge in [0, 0.05) is 56.5 Å². The molecule has 0 aliphatic heterocycles. The van der Waals surface area contributed by atoms with Crippen LogP contribution in [0.15, 0.2) is 0 Å². The lowest BCUT2D eigenvalue weighted by Crippen LogP contribution is -2.54. The van der Waals surface area contributed by atoms with Crippen molar-refractivity contribution in [3.8, 4) is 37.0 Å². The monoisotopic (exact) mass is 812 g/mol. The number of terminal acetylenes is 3. The minimum atomic E-state index is -3.75. The summed E-state index contributed by atoms with van der Waals surface area (Å²) >= 11 is 0. The molecular formula is C38H61N4O13P. The summed E-state index contributed by atoms with van der Waals surface area (Å²) in [4.78, 5) is 62.5. The number of rotatable bonds is 35. The minimum Gasteiger partial charge on any atom is -0.377 e. The van der Waals surface area contributed by atoms with Gasteiger partial charge in [0.1, 0.15) is 19.8 Å². The molecule has 0 saturated heterocycles. The smallest absolute Gasteiger partial charge is 0.328 e. The molecule has 0 aromatic carbocycles. The van der Waals surface area contributed by atoms with Crippen LogP contribution < -0.4 is 21.3 Å². The van der Waals surface area contributed by atoms with Gasteiger partial charge >= 0.3 is 7.60 Å². The lowest BCUT2D eigenvalue weighted by molar-refractivity contribution is -0.134. The highest BCUT2D eigenvalue weighted by atomic mass is 31.2. The second-order valence-electron chi connectivity index (χ2n) is 12.8. The Hall–Kier alpha value is -3.53. The largest absolute Gasteiger partial charge is 0.377 e. The maximum absolute atomic E-state index is 13.7. The summed E-state index contributed by atoms with van der Waals surface area (Å²) in [5.41, 5.74) is -1.15. The molecule has 1 unspecified atom stereocenters. The molecule has 0 heterocycles. The van der Waals surface area contributed by atoms with Crippen molar-refractivity contribution in [2.75, 3.05) is 105 Å². The highest BCUT2D eigenvalue weighted by Gasteiger charge is 2.42. The number of carbonyl (C=O) groups excluding carboxylic acids is 4. The molecule has 17 nitrogen and oxygen atoms in total. The van der Waals surface area contributed by atoms with Crippen molar-refractivity contribution in [2.24, 2.45) is 5.92 Å². The van der Waals surface area contributed by atoms with Crippen molar-refractivity contribution in [3.05, 3.63) is 0 Å². The third kappa shape index (κ3) is 25.6. The van der Waals surface area contributed by atoms with Crippen LogP contribution in [0.1, 0.15) is 58.3 Å². The van der Waals surface area contributed by atoms with Gasteiger partial charge < -0.3 is 59.1 Å². The Kier molecular flexibility index (Phi) is 28.4. The van der Waals surface area contributed by atoms with E-state index in [4.69, 9.17) is 52.2 Å². The Balaban J connectivity index is 2.97. The fraction of sp³-hybridized carbons (Fsp3) is 0.737. The summed E-state index contributed by atoms with van der Waals surface area (Å²) in [6, 6.07) is 0. The van der Waals surface area contributed by atoms with Gasteiger partial charge in [-0.3, -0.25) is 23.7 Å². The molecule has 0 bridgehead atoms. The summed E-state index contributed by atoms with van der Waals surface area (Å²) in [5.74, 6) is 5.25. The molecule has 1 aliphatic rings. The van der Waals surface area contributed by atoms with Gasteiger partial charge in [-0.05, 0) is 32.1 Å². The highest BCUT2D eigenvalue weighted by Crippen LogP contribution is 2.47. The van der Waals surface area contributed by atoms with Crippen LogP contribution in [0.25, 0.3) is 0 Å². The van der Waals surface area contributed by atoms with Crippen LogP contribution in [0.4, 0.5) is 0 Å². The van der Waals surface area contributed by atoms with E-state index in [1.54, 1.807) is 6.92 Å². The SMILES string of the molecule is C#CCOCCOCCNC(=O)CCC(CCC(=O)NCCOCCOCC#C)(CCC(=O)NCCOCCOCC#C)NC(=O)C1CC(OP(=O)(O)CC)C1. The van der Waals surface area contributed by atoms with Crippen LogP contribution in [0, 0.1) is 42.9 Å². The topological polar surface area (TPSA) is 218 Å².